The van der Waals surface area contributed by atoms with Gasteiger partial charge in [-0.25, -0.2) is 9.97 Å². The second-order valence-electron chi connectivity index (χ2n) is 4.65. The molecule has 0 amide bonds. The molecule has 1 N–H and O–H groups in total. The molecule has 0 atom stereocenters. The number of hydrogen-bond donors (Lipinski definition) is 1. The van der Waals surface area contributed by atoms with E-state index in [1.807, 2.05) is 40.0 Å². The van der Waals surface area contributed by atoms with E-state index in [1.165, 1.54) is 0 Å². The van der Waals surface area contributed by atoms with E-state index in [2.05, 4.69) is 21.4 Å². The number of aromatic nitrogens is 2. The predicted molar refractivity (Wildman–Crippen MR) is 84.6 cm³/mol. The normalized spacial score (nSPS) is 10.8. The van der Waals surface area contributed by atoms with E-state index in [-0.39, 0.29) is 0 Å². The zero-order valence-corrected chi connectivity index (χ0v) is 13.7. The second-order valence-corrected chi connectivity index (χ2v) is 6.07. The van der Waals surface area contributed by atoms with E-state index in [4.69, 9.17) is 11.6 Å². The standard InChI is InChI=1S/C15H18ClN3S/c1-9-10(2)18-15(19-11(9)3)20-14-7-5-6-13(16)12(14)8-17-4/h5-7,17H,8H2,1-4H3. The Morgan fingerprint density at radius 3 is 2.40 bits per heavy atom. The van der Waals surface area contributed by atoms with E-state index in [1.54, 1.807) is 11.8 Å². The minimum absolute atomic E-state index is 0.728. The molecule has 0 aliphatic carbocycles. The molecule has 106 valence electrons. The Morgan fingerprint density at radius 1 is 1.15 bits per heavy atom. The lowest BCUT2D eigenvalue weighted by Crippen LogP contribution is -2.07. The van der Waals surface area contributed by atoms with Gasteiger partial charge in [0.25, 0.3) is 0 Å². The molecule has 3 nitrogen and oxygen atoms in total. The first kappa shape index (κ1) is 15.3. The lowest BCUT2D eigenvalue weighted by molar-refractivity contribution is 0.802. The number of nitrogens with one attached hydrogen (secondary N) is 1. The first-order chi connectivity index (χ1) is 9.52. The van der Waals surface area contributed by atoms with Gasteiger partial charge in [0.2, 0.25) is 0 Å². The smallest absolute Gasteiger partial charge is 0.192 e. The van der Waals surface area contributed by atoms with Crippen LogP contribution < -0.4 is 5.32 Å². The topological polar surface area (TPSA) is 37.8 Å². The Hall–Kier alpha value is -1.10. The Balaban J connectivity index is 2.37. The SMILES string of the molecule is CNCc1c(Cl)cccc1Sc1nc(C)c(C)c(C)n1. The Bertz CT molecular complexity index is 606. The molecule has 1 aromatic heterocycles. The van der Waals surface area contributed by atoms with Crippen molar-refractivity contribution >= 4 is 23.4 Å². The van der Waals surface area contributed by atoms with Crippen LogP contribution in [0.15, 0.2) is 28.3 Å². The Morgan fingerprint density at radius 2 is 1.80 bits per heavy atom. The fraction of sp³-hybridized carbons (Fsp3) is 0.333. The van der Waals surface area contributed by atoms with Gasteiger partial charge in [0, 0.05) is 27.9 Å². The number of halogens is 1. The highest BCUT2D eigenvalue weighted by Crippen LogP contribution is 2.32. The summed E-state index contributed by atoms with van der Waals surface area (Å²) < 4.78 is 0. The zero-order chi connectivity index (χ0) is 14.7. The van der Waals surface area contributed by atoms with Crippen molar-refractivity contribution in [2.24, 2.45) is 0 Å². The minimum atomic E-state index is 0.728. The minimum Gasteiger partial charge on any atom is -0.316 e. The van der Waals surface area contributed by atoms with Crippen LogP contribution in [0.5, 0.6) is 0 Å². The molecule has 0 saturated heterocycles. The maximum Gasteiger partial charge on any atom is 0.192 e. The largest absolute Gasteiger partial charge is 0.316 e. The summed E-state index contributed by atoms with van der Waals surface area (Å²) in [7, 11) is 1.91. The zero-order valence-electron chi connectivity index (χ0n) is 12.1. The van der Waals surface area contributed by atoms with Gasteiger partial charge in [-0.2, -0.15) is 0 Å². The number of benzene rings is 1. The number of aryl methyl sites for hydroxylation is 2. The van der Waals surface area contributed by atoms with Crippen molar-refractivity contribution in [3.8, 4) is 0 Å². The summed E-state index contributed by atoms with van der Waals surface area (Å²) >= 11 is 7.83. The molecule has 1 heterocycles. The summed E-state index contributed by atoms with van der Waals surface area (Å²) in [6.07, 6.45) is 0. The summed E-state index contributed by atoms with van der Waals surface area (Å²) in [5.41, 5.74) is 4.28. The van der Waals surface area contributed by atoms with Crippen LogP contribution in [0.3, 0.4) is 0 Å². The maximum atomic E-state index is 6.27. The van der Waals surface area contributed by atoms with Crippen molar-refractivity contribution in [2.45, 2.75) is 37.4 Å². The van der Waals surface area contributed by atoms with Gasteiger partial charge in [0.05, 0.1) is 0 Å². The molecule has 0 spiro atoms. The van der Waals surface area contributed by atoms with Crippen molar-refractivity contribution in [3.63, 3.8) is 0 Å². The van der Waals surface area contributed by atoms with E-state index < -0.39 is 0 Å². The van der Waals surface area contributed by atoms with Crippen LogP contribution >= 0.6 is 23.4 Å². The summed E-state index contributed by atoms with van der Waals surface area (Å²) in [4.78, 5) is 10.2. The Labute approximate surface area is 129 Å². The third-order valence-electron chi connectivity index (χ3n) is 3.24. The van der Waals surface area contributed by atoms with Crippen molar-refractivity contribution in [1.82, 2.24) is 15.3 Å². The first-order valence-corrected chi connectivity index (χ1v) is 7.64. The molecule has 0 fully saturated rings. The molecule has 5 heteroatoms. The summed E-state index contributed by atoms with van der Waals surface area (Å²) in [6.45, 7) is 6.80. The molecule has 0 bridgehead atoms. The highest BCUT2D eigenvalue weighted by atomic mass is 35.5. The summed E-state index contributed by atoms with van der Waals surface area (Å²) in [6, 6.07) is 5.92. The summed E-state index contributed by atoms with van der Waals surface area (Å²) in [5.74, 6) is 0. The van der Waals surface area contributed by atoms with Crippen LogP contribution in [-0.2, 0) is 6.54 Å². The highest BCUT2D eigenvalue weighted by Gasteiger charge is 2.11. The average Bonchev–Trinajstić information content (AvgIpc) is 2.40. The third-order valence-corrected chi connectivity index (χ3v) is 4.56. The molecule has 2 aromatic rings. The van der Waals surface area contributed by atoms with Crippen molar-refractivity contribution < 1.29 is 0 Å². The van der Waals surface area contributed by atoms with Gasteiger partial charge in [-0.3, -0.25) is 0 Å². The van der Waals surface area contributed by atoms with Gasteiger partial charge in [-0.05, 0) is 62.8 Å². The third kappa shape index (κ3) is 3.32. The highest BCUT2D eigenvalue weighted by molar-refractivity contribution is 7.99. The first-order valence-electron chi connectivity index (χ1n) is 6.44. The van der Waals surface area contributed by atoms with Crippen LogP contribution in [0.25, 0.3) is 0 Å². The molecule has 1 aromatic carbocycles. The predicted octanol–water partition coefficient (Wildman–Crippen LogP) is 3.93. The van der Waals surface area contributed by atoms with Crippen LogP contribution in [-0.4, -0.2) is 17.0 Å². The second kappa shape index (κ2) is 6.57. The lowest BCUT2D eigenvalue weighted by atomic mass is 10.2. The van der Waals surface area contributed by atoms with E-state index in [9.17, 15) is 0 Å². The molecule has 0 aliphatic rings. The molecule has 0 unspecified atom stereocenters. The van der Waals surface area contributed by atoms with Gasteiger partial charge in [0.15, 0.2) is 5.16 Å². The summed E-state index contributed by atoms with van der Waals surface area (Å²) in [5, 5.41) is 4.68. The van der Waals surface area contributed by atoms with E-state index >= 15 is 0 Å². The van der Waals surface area contributed by atoms with Crippen LogP contribution in [0, 0.1) is 20.8 Å². The van der Waals surface area contributed by atoms with Gasteiger partial charge < -0.3 is 5.32 Å². The van der Waals surface area contributed by atoms with Crippen LogP contribution in [0.2, 0.25) is 5.02 Å². The fourth-order valence-electron chi connectivity index (χ4n) is 1.87. The molecular formula is C15H18ClN3S. The van der Waals surface area contributed by atoms with E-state index in [0.29, 0.717) is 0 Å². The molecular weight excluding hydrogens is 290 g/mol. The average molecular weight is 308 g/mol. The van der Waals surface area contributed by atoms with Gasteiger partial charge in [0.1, 0.15) is 0 Å². The quantitative estimate of drug-likeness (QED) is 0.869. The van der Waals surface area contributed by atoms with Gasteiger partial charge in [-0.1, -0.05) is 17.7 Å². The fourth-order valence-corrected chi connectivity index (χ4v) is 3.18. The molecule has 0 saturated carbocycles. The monoisotopic (exact) mass is 307 g/mol. The molecule has 0 aliphatic heterocycles. The van der Waals surface area contributed by atoms with Gasteiger partial charge in [-0.15, -0.1) is 0 Å². The molecule has 20 heavy (non-hydrogen) atoms. The van der Waals surface area contributed by atoms with Crippen molar-refractivity contribution in [1.29, 1.82) is 0 Å². The van der Waals surface area contributed by atoms with E-state index in [0.717, 1.165) is 44.1 Å². The van der Waals surface area contributed by atoms with Crippen LogP contribution in [0.1, 0.15) is 22.5 Å². The number of nitrogens with zero attached hydrogens (tertiary/aromatic N) is 2. The lowest BCUT2D eigenvalue weighted by Gasteiger charge is -2.11. The van der Waals surface area contributed by atoms with Crippen molar-refractivity contribution in [2.75, 3.05) is 7.05 Å². The van der Waals surface area contributed by atoms with Crippen LogP contribution in [0.4, 0.5) is 0 Å². The molecule has 0 radical (unpaired) electrons. The van der Waals surface area contributed by atoms with Gasteiger partial charge >= 0.3 is 0 Å². The number of hydrogen-bond acceptors (Lipinski definition) is 4. The number of rotatable bonds is 4. The molecule has 2 rings (SSSR count). The maximum absolute atomic E-state index is 6.27. The Kier molecular flexibility index (Phi) is 5.02. The van der Waals surface area contributed by atoms with Crippen molar-refractivity contribution in [3.05, 3.63) is 45.7 Å².